The Kier molecular flexibility index (Phi) is 2.17. The fourth-order valence-corrected chi connectivity index (χ4v) is 0.0500. The average Bonchev–Trinajstić information content (AvgIpc) is 1.68. The standard InChI is InChI=1S/C3H10N2O2/c4-3(5,1-6)2-7/h6-7H,1-2,4-5H2. The van der Waals surface area contributed by atoms with Crippen molar-refractivity contribution < 1.29 is 10.2 Å². The van der Waals surface area contributed by atoms with Crippen molar-refractivity contribution in [3.8, 4) is 0 Å². The molecule has 4 heteroatoms. The molecule has 0 aromatic carbocycles. The van der Waals surface area contributed by atoms with Crippen LogP contribution in [0.3, 0.4) is 0 Å². The van der Waals surface area contributed by atoms with E-state index in [1.807, 2.05) is 0 Å². The molecule has 0 unspecified atom stereocenters. The van der Waals surface area contributed by atoms with Gasteiger partial charge in [-0.2, -0.15) is 0 Å². The minimum absolute atomic E-state index is 0.399. The minimum atomic E-state index is -1.31. The molecule has 7 heavy (non-hydrogen) atoms. The van der Waals surface area contributed by atoms with Crippen LogP contribution in [0.15, 0.2) is 0 Å². The van der Waals surface area contributed by atoms with Gasteiger partial charge in [0.05, 0.1) is 13.2 Å². The van der Waals surface area contributed by atoms with Crippen LogP contribution in [0.1, 0.15) is 0 Å². The predicted octanol–water partition coefficient (Wildman–Crippen LogP) is -2.42. The van der Waals surface area contributed by atoms with Crippen molar-refractivity contribution in [2.45, 2.75) is 5.66 Å². The van der Waals surface area contributed by atoms with Crippen LogP contribution in [-0.2, 0) is 0 Å². The zero-order chi connectivity index (χ0) is 5.91. The molecular formula is C3H10N2O2. The van der Waals surface area contributed by atoms with Gasteiger partial charge in [-0.05, 0) is 0 Å². The van der Waals surface area contributed by atoms with E-state index in [-0.39, 0.29) is 0 Å². The van der Waals surface area contributed by atoms with E-state index in [1.165, 1.54) is 0 Å². The molecule has 0 atom stereocenters. The zero-order valence-corrected chi connectivity index (χ0v) is 3.96. The molecule has 0 aliphatic heterocycles. The molecule has 0 aliphatic carbocycles. The largest absolute Gasteiger partial charge is 0.393 e. The second-order valence-electron chi connectivity index (χ2n) is 1.55. The summed E-state index contributed by atoms with van der Waals surface area (Å²) in [6.07, 6.45) is 0. The van der Waals surface area contributed by atoms with Crippen LogP contribution in [0.5, 0.6) is 0 Å². The van der Waals surface area contributed by atoms with Gasteiger partial charge in [0, 0.05) is 0 Å². The van der Waals surface area contributed by atoms with E-state index in [9.17, 15) is 0 Å². The van der Waals surface area contributed by atoms with Crippen molar-refractivity contribution in [2.24, 2.45) is 11.5 Å². The SMILES string of the molecule is NC(N)(CO)CO. The maximum absolute atomic E-state index is 8.18. The highest BCUT2D eigenvalue weighted by molar-refractivity contribution is 4.72. The predicted molar refractivity (Wildman–Crippen MR) is 25.3 cm³/mol. The smallest absolute Gasteiger partial charge is 0.111 e. The molecule has 0 amide bonds. The van der Waals surface area contributed by atoms with Crippen LogP contribution in [0.25, 0.3) is 0 Å². The van der Waals surface area contributed by atoms with Gasteiger partial charge in [0.1, 0.15) is 5.66 Å². The molecule has 44 valence electrons. The van der Waals surface area contributed by atoms with Gasteiger partial charge in [-0.15, -0.1) is 0 Å². The third kappa shape index (κ3) is 2.52. The Morgan fingerprint density at radius 3 is 1.43 bits per heavy atom. The van der Waals surface area contributed by atoms with Crippen LogP contribution < -0.4 is 11.5 Å². The van der Waals surface area contributed by atoms with Gasteiger partial charge in [-0.1, -0.05) is 0 Å². The topological polar surface area (TPSA) is 92.5 Å². The summed E-state index contributed by atoms with van der Waals surface area (Å²) in [7, 11) is 0. The number of aliphatic hydroxyl groups is 2. The Morgan fingerprint density at radius 1 is 1.14 bits per heavy atom. The molecule has 0 saturated heterocycles. The first-order valence-corrected chi connectivity index (χ1v) is 1.92. The molecule has 0 aromatic rings. The maximum Gasteiger partial charge on any atom is 0.111 e. The van der Waals surface area contributed by atoms with Crippen LogP contribution in [0, 0.1) is 0 Å². The van der Waals surface area contributed by atoms with Crippen molar-refractivity contribution in [1.82, 2.24) is 0 Å². The van der Waals surface area contributed by atoms with E-state index < -0.39 is 18.9 Å². The second kappa shape index (κ2) is 2.23. The van der Waals surface area contributed by atoms with Crippen LogP contribution >= 0.6 is 0 Å². The molecule has 0 fully saturated rings. The highest BCUT2D eigenvalue weighted by Gasteiger charge is 2.14. The fourth-order valence-electron chi connectivity index (χ4n) is 0.0500. The second-order valence-corrected chi connectivity index (χ2v) is 1.55. The van der Waals surface area contributed by atoms with E-state index in [4.69, 9.17) is 21.7 Å². The van der Waals surface area contributed by atoms with E-state index in [2.05, 4.69) is 0 Å². The number of nitrogens with two attached hydrogens (primary N) is 2. The van der Waals surface area contributed by atoms with Crippen LogP contribution in [0.2, 0.25) is 0 Å². The molecular weight excluding hydrogens is 96.0 g/mol. The summed E-state index contributed by atoms with van der Waals surface area (Å²) in [5, 5.41) is 16.4. The molecule has 0 bridgehead atoms. The lowest BCUT2D eigenvalue weighted by atomic mass is 10.2. The summed E-state index contributed by atoms with van der Waals surface area (Å²) >= 11 is 0. The zero-order valence-electron chi connectivity index (χ0n) is 3.96. The number of hydrogen-bond donors (Lipinski definition) is 4. The lowest BCUT2D eigenvalue weighted by molar-refractivity contribution is 0.126. The third-order valence-electron chi connectivity index (χ3n) is 0.589. The number of aliphatic hydroxyl groups excluding tert-OH is 2. The fraction of sp³-hybridized carbons (Fsp3) is 1.00. The molecule has 0 aromatic heterocycles. The summed E-state index contributed by atoms with van der Waals surface area (Å²) in [5.74, 6) is 0. The Hall–Kier alpha value is -0.160. The first-order chi connectivity index (χ1) is 3.12. The third-order valence-corrected chi connectivity index (χ3v) is 0.589. The van der Waals surface area contributed by atoms with E-state index in [0.29, 0.717) is 0 Å². The van der Waals surface area contributed by atoms with Crippen molar-refractivity contribution >= 4 is 0 Å². The van der Waals surface area contributed by atoms with Gasteiger partial charge in [0.15, 0.2) is 0 Å². The lowest BCUT2D eigenvalue weighted by Crippen LogP contribution is -2.55. The highest BCUT2D eigenvalue weighted by atomic mass is 16.3. The molecule has 0 aliphatic rings. The number of rotatable bonds is 2. The van der Waals surface area contributed by atoms with Crippen molar-refractivity contribution in [2.75, 3.05) is 13.2 Å². The van der Waals surface area contributed by atoms with Gasteiger partial charge in [0.2, 0.25) is 0 Å². The van der Waals surface area contributed by atoms with Crippen molar-refractivity contribution in [1.29, 1.82) is 0 Å². The average molecular weight is 106 g/mol. The summed E-state index contributed by atoms with van der Waals surface area (Å²) < 4.78 is 0. The first-order valence-electron chi connectivity index (χ1n) is 1.92. The van der Waals surface area contributed by atoms with Crippen molar-refractivity contribution in [3.05, 3.63) is 0 Å². The van der Waals surface area contributed by atoms with Gasteiger partial charge < -0.3 is 21.7 Å². The van der Waals surface area contributed by atoms with Crippen molar-refractivity contribution in [3.63, 3.8) is 0 Å². The summed E-state index contributed by atoms with van der Waals surface area (Å²) in [4.78, 5) is 0. The molecule has 4 nitrogen and oxygen atoms in total. The molecule has 0 rings (SSSR count). The van der Waals surface area contributed by atoms with Gasteiger partial charge in [-0.25, -0.2) is 0 Å². The Bertz CT molecular complexity index is 48.9. The Morgan fingerprint density at radius 2 is 1.43 bits per heavy atom. The molecule has 0 saturated carbocycles. The minimum Gasteiger partial charge on any atom is -0.393 e. The Balaban J connectivity index is 3.36. The lowest BCUT2D eigenvalue weighted by Gasteiger charge is -2.16. The molecule has 6 N–H and O–H groups in total. The highest BCUT2D eigenvalue weighted by Crippen LogP contribution is 1.81. The molecule has 0 heterocycles. The van der Waals surface area contributed by atoms with Crippen LogP contribution in [-0.4, -0.2) is 29.1 Å². The van der Waals surface area contributed by atoms with Gasteiger partial charge >= 0.3 is 0 Å². The normalized spacial score (nSPS) is 12.0. The molecule has 0 radical (unpaired) electrons. The molecule has 0 spiro atoms. The quantitative estimate of drug-likeness (QED) is 0.295. The monoisotopic (exact) mass is 106 g/mol. The van der Waals surface area contributed by atoms with Crippen LogP contribution in [0.4, 0.5) is 0 Å². The summed E-state index contributed by atoms with van der Waals surface area (Å²) in [6.45, 7) is -0.799. The maximum atomic E-state index is 8.18. The first kappa shape index (κ1) is 6.84. The Labute approximate surface area is 41.7 Å². The van der Waals surface area contributed by atoms with E-state index in [0.717, 1.165) is 0 Å². The number of hydrogen-bond acceptors (Lipinski definition) is 4. The van der Waals surface area contributed by atoms with E-state index in [1.54, 1.807) is 0 Å². The van der Waals surface area contributed by atoms with Gasteiger partial charge in [-0.3, -0.25) is 0 Å². The van der Waals surface area contributed by atoms with Gasteiger partial charge in [0.25, 0.3) is 0 Å². The summed E-state index contributed by atoms with van der Waals surface area (Å²) in [6, 6.07) is 0. The van der Waals surface area contributed by atoms with E-state index >= 15 is 0 Å². The summed E-state index contributed by atoms with van der Waals surface area (Å²) in [5.41, 5.74) is 8.68.